The van der Waals surface area contributed by atoms with Gasteiger partial charge in [-0.25, -0.2) is 4.98 Å². The van der Waals surface area contributed by atoms with Crippen LogP contribution in [-0.4, -0.2) is 14.4 Å². The lowest BCUT2D eigenvalue weighted by Gasteiger charge is -2.00. The monoisotopic (exact) mass is 253 g/mol. The average Bonchev–Trinajstić information content (AvgIpc) is 2.83. The molecule has 0 aliphatic carbocycles. The van der Waals surface area contributed by atoms with Gasteiger partial charge in [0.15, 0.2) is 0 Å². The van der Waals surface area contributed by atoms with Crippen LogP contribution in [0.2, 0.25) is 0 Å². The summed E-state index contributed by atoms with van der Waals surface area (Å²) in [5.74, 6) is 0. The molecule has 3 aromatic rings. The molecule has 0 spiro atoms. The van der Waals surface area contributed by atoms with Gasteiger partial charge >= 0.3 is 0 Å². The van der Waals surface area contributed by atoms with Crippen molar-refractivity contribution in [3.63, 3.8) is 0 Å². The lowest BCUT2D eigenvalue weighted by molar-refractivity contribution is 1.18. The summed E-state index contributed by atoms with van der Waals surface area (Å²) in [7, 11) is 0. The van der Waals surface area contributed by atoms with Crippen molar-refractivity contribution >= 4 is 22.8 Å². The molecule has 0 aromatic carbocycles. The van der Waals surface area contributed by atoms with Crippen LogP contribution in [0.5, 0.6) is 0 Å². The van der Waals surface area contributed by atoms with E-state index in [1.54, 1.807) is 0 Å². The second-order valence-corrected chi connectivity index (χ2v) is 4.03. The fraction of sp³-hybridized carbons (Fsp3) is 0.250. The van der Waals surface area contributed by atoms with Gasteiger partial charge in [-0.05, 0) is 26.0 Å². The molecule has 3 aromatic heterocycles. The summed E-state index contributed by atoms with van der Waals surface area (Å²) in [6.07, 6.45) is 7.99. The first-order valence-corrected chi connectivity index (χ1v) is 6.66. The Morgan fingerprint density at radius 3 is 2.74 bits per heavy atom. The van der Waals surface area contributed by atoms with Crippen molar-refractivity contribution in [3.05, 3.63) is 47.9 Å². The van der Waals surface area contributed by atoms with Crippen LogP contribution in [-0.2, 0) is 0 Å². The van der Waals surface area contributed by atoms with Crippen molar-refractivity contribution < 1.29 is 0 Å². The second kappa shape index (κ2) is 5.65. The predicted molar refractivity (Wildman–Crippen MR) is 81.3 cm³/mol. The summed E-state index contributed by atoms with van der Waals surface area (Å²) >= 11 is 0. The molecule has 3 rings (SSSR count). The molecule has 98 valence electrons. The number of hydrogen-bond acceptors (Lipinski definition) is 2. The van der Waals surface area contributed by atoms with Crippen LogP contribution in [0.4, 0.5) is 0 Å². The zero-order chi connectivity index (χ0) is 13.8. The first-order chi connectivity index (χ1) is 9.31. The van der Waals surface area contributed by atoms with Crippen molar-refractivity contribution in [2.75, 3.05) is 0 Å². The summed E-state index contributed by atoms with van der Waals surface area (Å²) in [6.45, 7) is 8.02. The number of imidazole rings is 1. The number of aryl methyl sites for hydroxylation is 1. The van der Waals surface area contributed by atoms with Gasteiger partial charge in [-0.15, -0.1) is 0 Å². The minimum absolute atomic E-state index is 0.959. The summed E-state index contributed by atoms with van der Waals surface area (Å²) in [4.78, 5) is 9.10. The predicted octanol–water partition coefficient (Wildman–Crippen LogP) is 4.25. The molecule has 0 bridgehead atoms. The van der Waals surface area contributed by atoms with Gasteiger partial charge in [-0.3, -0.25) is 9.38 Å². The minimum atomic E-state index is 0.959. The van der Waals surface area contributed by atoms with E-state index < -0.39 is 0 Å². The number of pyridine rings is 2. The van der Waals surface area contributed by atoms with Crippen molar-refractivity contribution in [2.45, 2.75) is 27.7 Å². The Bertz CT molecular complexity index is 723. The Labute approximate surface area is 113 Å². The average molecular weight is 253 g/mol. The number of nitrogens with zero attached hydrogens (tertiary/aromatic N) is 3. The molecule has 0 atom stereocenters. The SMILES string of the molecule is C/C=C\c1c(C)ncc2c1nc1ccccn12.CC. The summed E-state index contributed by atoms with van der Waals surface area (Å²) in [5.41, 5.74) is 5.15. The number of aromatic nitrogens is 3. The highest BCUT2D eigenvalue weighted by Crippen LogP contribution is 2.22. The highest BCUT2D eigenvalue weighted by molar-refractivity contribution is 5.88. The molecule has 0 aliphatic heterocycles. The highest BCUT2D eigenvalue weighted by Gasteiger charge is 2.09. The van der Waals surface area contributed by atoms with Crippen LogP contribution < -0.4 is 0 Å². The molecule has 0 fully saturated rings. The van der Waals surface area contributed by atoms with Gasteiger partial charge in [0.2, 0.25) is 0 Å². The molecule has 3 nitrogen and oxygen atoms in total. The summed E-state index contributed by atoms with van der Waals surface area (Å²) in [5, 5.41) is 0. The maximum atomic E-state index is 4.67. The molecule has 0 radical (unpaired) electrons. The van der Waals surface area contributed by atoms with E-state index in [2.05, 4.69) is 20.4 Å². The lowest BCUT2D eigenvalue weighted by Crippen LogP contribution is -1.89. The summed E-state index contributed by atoms with van der Waals surface area (Å²) in [6, 6.07) is 6.01. The third-order valence-corrected chi connectivity index (χ3v) is 2.93. The van der Waals surface area contributed by atoms with E-state index in [9.17, 15) is 0 Å². The molecule has 0 amide bonds. The van der Waals surface area contributed by atoms with Gasteiger partial charge in [0.25, 0.3) is 0 Å². The number of rotatable bonds is 1. The van der Waals surface area contributed by atoms with Crippen LogP contribution in [0.15, 0.2) is 36.7 Å². The standard InChI is InChI=1S/C14H13N3.C2H6/c1-3-6-11-10(2)15-9-12-14(11)16-13-7-4-5-8-17(12)13;1-2/h3-9H,1-2H3;1-2H3/b6-3-;. The lowest BCUT2D eigenvalue weighted by atomic mass is 10.1. The Hall–Kier alpha value is -2.16. The maximum Gasteiger partial charge on any atom is 0.137 e. The van der Waals surface area contributed by atoms with Crippen molar-refractivity contribution in [2.24, 2.45) is 0 Å². The Kier molecular flexibility index (Phi) is 3.95. The Morgan fingerprint density at radius 1 is 1.21 bits per heavy atom. The molecule has 19 heavy (non-hydrogen) atoms. The largest absolute Gasteiger partial charge is 0.298 e. The van der Waals surface area contributed by atoms with E-state index in [4.69, 9.17) is 0 Å². The van der Waals surface area contributed by atoms with E-state index in [-0.39, 0.29) is 0 Å². The van der Waals surface area contributed by atoms with Crippen molar-refractivity contribution in [3.8, 4) is 0 Å². The van der Waals surface area contributed by atoms with Gasteiger partial charge in [0, 0.05) is 17.5 Å². The van der Waals surface area contributed by atoms with E-state index >= 15 is 0 Å². The molecular weight excluding hydrogens is 234 g/mol. The van der Waals surface area contributed by atoms with Gasteiger partial charge in [0.05, 0.1) is 11.7 Å². The van der Waals surface area contributed by atoms with Crippen LogP contribution >= 0.6 is 0 Å². The van der Waals surface area contributed by atoms with E-state index in [1.807, 2.05) is 64.4 Å². The molecule has 0 saturated heterocycles. The van der Waals surface area contributed by atoms with Gasteiger partial charge < -0.3 is 0 Å². The third kappa shape index (κ3) is 2.24. The van der Waals surface area contributed by atoms with E-state index in [0.29, 0.717) is 0 Å². The molecule has 3 heteroatoms. The van der Waals surface area contributed by atoms with Gasteiger partial charge in [0.1, 0.15) is 11.2 Å². The smallest absolute Gasteiger partial charge is 0.137 e. The Balaban J connectivity index is 0.000000637. The molecule has 0 aliphatic rings. The number of fused-ring (bicyclic) bond motifs is 3. The minimum Gasteiger partial charge on any atom is -0.298 e. The summed E-state index contributed by atoms with van der Waals surface area (Å²) < 4.78 is 2.06. The molecule has 0 N–H and O–H groups in total. The van der Waals surface area contributed by atoms with E-state index in [0.717, 1.165) is 27.9 Å². The topological polar surface area (TPSA) is 30.2 Å². The van der Waals surface area contributed by atoms with Crippen LogP contribution in [0.3, 0.4) is 0 Å². The fourth-order valence-electron chi connectivity index (χ4n) is 2.10. The van der Waals surface area contributed by atoms with Crippen molar-refractivity contribution in [1.82, 2.24) is 14.4 Å². The molecule has 0 saturated carbocycles. The first-order valence-electron chi connectivity index (χ1n) is 6.66. The molecule has 0 unspecified atom stereocenters. The first kappa shape index (κ1) is 13.3. The van der Waals surface area contributed by atoms with Gasteiger partial charge in [-0.2, -0.15) is 0 Å². The zero-order valence-corrected chi connectivity index (χ0v) is 11.9. The Morgan fingerprint density at radius 2 is 2.00 bits per heavy atom. The second-order valence-electron chi connectivity index (χ2n) is 4.03. The number of hydrogen-bond donors (Lipinski definition) is 0. The maximum absolute atomic E-state index is 4.67. The van der Waals surface area contributed by atoms with Crippen molar-refractivity contribution in [1.29, 1.82) is 0 Å². The third-order valence-electron chi connectivity index (χ3n) is 2.93. The van der Waals surface area contributed by atoms with Crippen LogP contribution in [0.25, 0.3) is 22.8 Å². The normalized spacial score (nSPS) is 10.9. The van der Waals surface area contributed by atoms with Crippen LogP contribution in [0.1, 0.15) is 32.0 Å². The van der Waals surface area contributed by atoms with E-state index in [1.165, 1.54) is 0 Å². The quantitative estimate of drug-likeness (QED) is 0.649. The fourth-order valence-corrected chi connectivity index (χ4v) is 2.10. The van der Waals surface area contributed by atoms with Crippen LogP contribution in [0, 0.1) is 6.92 Å². The highest BCUT2D eigenvalue weighted by atomic mass is 15.0. The number of allylic oxidation sites excluding steroid dienone is 1. The molecule has 3 heterocycles. The zero-order valence-electron chi connectivity index (χ0n) is 11.9. The van der Waals surface area contributed by atoms with Gasteiger partial charge in [-0.1, -0.05) is 32.1 Å². The molecular formula is C16H19N3.